The molecule has 1 aromatic carbocycles. The van der Waals surface area contributed by atoms with Gasteiger partial charge in [-0.2, -0.15) is 0 Å². The van der Waals surface area contributed by atoms with Gasteiger partial charge in [-0.15, -0.1) is 0 Å². The van der Waals surface area contributed by atoms with E-state index < -0.39 is 0 Å². The molecule has 0 heterocycles. The van der Waals surface area contributed by atoms with Gasteiger partial charge in [-0.1, -0.05) is 18.2 Å². The average Bonchev–Trinajstić information content (AvgIpc) is 2.37. The van der Waals surface area contributed by atoms with Crippen LogP contribution in [0.3, 0.4) is 0 Å². The van der Waals surface area contributed by atoms with Crippen molar-refractivity contribution in [1.29, 1.82) is 0 Å². The lowest BCUT2D eigenvalue weighted by Crippen LogP contribution is -2.25. The molecule has 0 spiro atoms. The quantitative estimate of drug-likeness (QED) is 0.558. The molecule has 0 radical (unpaired) electrons. The summed E-state index contributed by atoms with van der Waals surface area (Å²) in [7, 11) is 0. The molecular formula is C15H24N2O2. The lowest BCUT2D eigenvalue weighted by Gasteiger charge is -2.09. The molecule has 0 fully saturated rings. The summed E-state index contributed by atoms with van der Waals surface area (Å²) < 4.78 is 5.40. The van der Waals surface area contributed by atoms with Crippen LogP contribution in [0.25, 0.3) is 0 Å². The molecule has 4 heteroatoms. The van der Waals surface area contributed by atoms with Crippen molar-refractivity contribution in [3.63, 3.8) is 0 Å². The van der Waals surface area contributed by atoms with Crippen LogP contribution >= 0.6 is 0 Å². The molecule has 1 rings (SSSR count). The van der Waals surface area contributed by atoms with Gasteiger partial charge in [-0.3, -0.25) is 4.79 Å². The standard InChI is InChI=1S/C15H24N2O2/c1-12(2)19-11-5-10-17-15(18)9-8-13-6-3-4-7-14(13)16/h3-4,6-7,12H,5,8-11,16H2,1-2H3,(H,17,18). The monoisotopic (exact) mass is 264 g/mol. The lowest BCUT2D eigenvalue weighted by atomic mass is 10.1. The van der Waals surface area contributed by atoms with Crippen LogP contribution in [0.2, 0.25) is 0 Å². The number of para-hydroxylation sites is 1. The number of hydrogen-bond donors (Lipinski definition) is 2. The summed E-state index contributed by atoms with van der Waals surface area (Å²) in [4.78, 5) is 11.6. The molecule has 106 valence electrons. The maximum Gasteiger partial charge on any atom is 0.220 e. The topological polar surface area (TPSA) is 64.3 Å². The van der Waals surface area contributed by atoms with E-state index >= 15 is 0 Å². The Balaban J connectivity index is 2.13. The van der Waals surface area contributed by atoms with Crippen molar-refractivity contribution in [3.8, 4) is 0 Å². The molecule has 4 nitrogen and oxygen atoms in total. The van der Waals surface area contributed by atoms with Crippen LogP contribution < -0.4 is 11.1 Å². The Labute approximate surface area is 115 Å². The largest absolute Gasteiger partial charge is 0.399 e. The van der Waals surface area contributed by atoms with E-state index in [1.54, 1.807) is 0 Å². The fraction of sp³-hybridized carbons (Fsp3) is 0.533. The number of nitrogen functional groups attached to an aromatic ring is 1. The summed E-state index contributed by atoms with van der Waals surface area (Å²) in [6.07, 6.45) is 2.24. The van der Waals surface area contributed by atoms with Gasteiger partial charge in [0.05, 0.1) is 6.10 Å². The summed E-state index contributed by atoms with van der Waals surface area (Å²) in [6.45, 7) is 5.35. The molecule has 0 aromatic heterocycles. The molecule has 0 aliphatic heterocycles. The second kappa shape index (κ2) is 8.53. The number of anilines is 1. The fourth-order valence-electron chi connectivity index (χ4n) is 1.72. The smallest absolute Gasteiger partial charge is 0.220 e. The number of rotatable bonds is 8. The Bertz CT molecular complexity index is 391. The second-order valence-electron chi connectivity index (χ2n) is 4.82. The molecule has 0 bridgehead atoms. The summed E-state index contributed by atoms with van der Waals surface area (Å²) >= 11 is 0. The van der Waals surface area contributed by atoms with Crippen molar-refractivity contribution in [1.82, 2.24) is 5.32 Å². The van der Waals surface area contributed by atoms with Gasteiger partial charge in [0.1, 0.15) is 0 Å². The zero-order valence-corrected chi connectivity index (χ0v) is 11.8. The van der Waals surface area contributed by atoms with Gasteiger partial charge in [0.2, 0.25) is 5.91 Å². The third-order valence-electron chi connectivity index (χ3n) is 2.77. The highest BCUT2D eigenvalue weighted by Gasteiger charge is 2.03. The number of aryl methyl sites for hydroxylation is 1. The van der Waals surface area contributed by atoms with E-state index in [1.807, 2.05) is 38.1 Å². The highest BCUT2D eigenvalue weighted by molar-refractivity contribution is 5.76. The SMILES string of the molecule is CC(C)OCCCNC(=O)CCc1ccccc1N. The summed E-state index contributed by atoms with van der Waals surface area (Å²) in [5, 5.41) is 2.89. The van der Waals surface area contributed by atoms with Crippen LogP contribution in [-0.2, 0) is 16.0 Å². The molecule has 19 heavy (non-hydrogen) atoms. The van der Waals surface area contributed by atoms with E-state index in [0.29, 0.717) is 26.0 Å². The van der Waals surface area contributed by atoms with Crippen molar-refractivity contribution in [2.45, 2.75) is 39.2 Å². The van der Waals surface area contributed by atoms with Crippen LogP contribution in [0, 0.1) is 0 Å². The maximum absolute atomic E-state index is 11.6. The highest BCUT2D eigenvalue weighted by Crippen LogP contribution is 2.12. The Hall–Kier alpha value is -1.55. The Morgan fingerprint density at radius 3 is 2.79 bits per heavy atom. The minimum Gasteiger partial charge on any atom is -0.399 e. The Morgan fingerprint density at radius 2 is 2.11 bits per heavy atom. The highest BCUT2D eigenvalue weighted by atomic mass is 16.5. The number of benzene rings is 1. The molecule has 0 saturated heterocycles. The second-order valence-corrected chi connectivity index (χ2v) is 4.82. The molecule has 0 aliphatic carbocycles. The van der Waals surface area contributed by atoms with E-state index in [-0.39, 0.29) is 12.0 Å². The van der Waals surface area contributed by atoms with Gasteiger partial charge in [0.15, 0.2) is 0 Å². The minimum absolute atomic E-state index is 0.0628. The van der Waals surface area contributed by atoms with Gasteiger partial charge in [-0.25, -0.2) is 0 Å². The van der Waals surface area contributed by atoms with Gasteiger partial charge in [-0.05, 0) is 38.3 Å². The zero-order chi connectivity index (χ0) is 14.1. The first-order chi connectivity index (χ1) is 9.09. The molecular weight excluding hydrogens is 240 g/mol. The van der Waals surface area contributed by atoms with Crippen LogP contribution in [0.15, 0.2) is 24.3 Å². The van der Waals surface area contributed by atoms with Crippen molar-refractivity contribution in [2.75, 3.05) is 18.9 Å². The van der Waals surface area contributed by atoms with E-state index in [1.165, 1.54) is 0 Å². The van der Waals surface area contributed by atoms with Crippen molar-refractivity contribution in [2.24, 2.45) is 0 Å². The lowest BCUT2D eigenvalue weighted by molar-refractivity contribution is -0.121. The molecule has 1 amide bonds. The normalized spacial score (nSPS) is 10.7. The first kappa shape index (κ1) is 15.5. The first-order valence-corrected chi connectivity index (χ1v) is 6.81. The first-order valence-electron chi connectivity index (χ1n) is 6.81. The third kappa shape index (κ3) is 6.82. The van der Waals surface area contributed by atoms with Crippen molar-refractivity contribution < 1.29 is 9.53 Å². The van der Waals surface area contributed by atoms with Gasteiger partial charge >= 0.3 is 0 Å². The Kier molecular flexibility index (Phi) is 6.97. The third-order valence-corrected chi connectivity index (χ3v) is 2.77. The summed E-state index contributed by atoms with van der Waals surface area (Å²) in [5.74, 6) is 0.0628. The zero-order valence-electron chi connectivity index (χ0n) is 11.8. The van der Waals surface area contributed by atoms with Crippen LogP contribution in [-0.4, -0.2) is 25.2 Å². The molecule has 0 unspecified atom stereocenters. The fourth-order valence-corrected chi connectivity index (χ4v) is 1.72. The number of nitrogens with one attached hydrogen (secondary N) is 1. The van der Waals surface area contributed by atoms with Crippen molar-refractivity contribution in [3.05, 3.63) is 29.8 Å². The minimum atomic E-state index is 0.0628. The van der Waals surface area contributed by atoms with E-state index in [4.69, 9.17) is 10.5 Å². The molecule has 3 N–H and O–H groups in total. The predicted molar refractivity (Wildman–Crippen MR) is 77.9 cm³/mol. The summed E-state index contributed by atoms with van der Waals surface area (Å²) in [6, 6.07) is 7.65. The maximum atomic E-state index is 11.6. The average molecular weight is 264 g/mol. The van der Waals surface area contributed by atoms with Gasteiger partial charge < -0.3 is 15.8 Å². The number of nitrogens with two attached hydrogens (primary N) is 1. The number of hydrogen-bond acceptors (Lipinski definition) is 3. The van der Waals surface area contributed by atoms with Gasteiger partial charge in [0.25, 0.3) is 0 Å². The number of amides is 1. The van der Waals surface area contributed by atoms with E-state index in [2.05, 4.69) is 5.32 Å². The number of carbonyl (C=O) groups excluding carboxylic acids is 1. The van der Waals surface area contributed by atoms with Crippen LogP contribution in [0.5, 0.6) is 0 Å². The van der Waals surface area contributed by atoms with Crippen LogP contribution in [0.4, 0.5) is 5.69 Å². The van der Waals surface area contributed by atoms with Crippen molar-refractivity contribution >= 4 is 11.6 Å². The molecule has 0 aliphatic rings. The van der Waals surface area contributed by atoms with Gasteiger partial charge in [0, 0.05) is 25.3 Å². The molecule has 0 atom stereocenters. The predicted octanol–water partition coefficient (Wildman–Crippen LogP) is 2.13. The number of carbonyl (C=O) groups is 1. The molecule has 1 aromatic rings. The van der Waals surface area contributed by atoms with Crippen LogP contribution in [0.1, 0.15) is 32.3 Å². The molecule has 0 saturated carbocycles. The Morgan fingerprint density at radius 1 is 1.37 bits per heavy atom. The van der Waals surface area contributed by atoms with E-state index in [0.717, 1.165) is 17.7 Å². The number of ether oxygens (including phenoxy) is 1. The summed E-state index contributed by atoms with van der Waals surface area (Å²) in [5.41, 5.74) is 7.61. The van der Waals surface area contributed by atoms with E-state index in [9.17, 15) is 4.79 Å².